The second kappa shape index (κ2) is 4.68. The molecule has 96 valence electrons. The predicted octanol–water partition coefficient (Wildman–Crippen LogP) is 2.69. The maximum Gasteiger partial charge on any atom is 1.00 e. The van der Waals surface area contributed by atoms with Crippen molar-refractivity contribution in [1.82, 2.24) is 0 Å². The molecule has 0 saturated carbocycles. The van der Waals surface area contributed by atoms with E-state index in [4.69, 9.17) is 0 Å². The second-order valence-electron chi connectivity index (χ2n) is 3.04. The number of benzene rings is 1. The molecule has 1 aromatic rings. The van der Waals surface area contributed by atoms with Crippen molar-refractivity contribution in [3.05, 3.63) is 35.4 Å². The molecule has 0 aliphatic heterocycles. The minimum atomic E-state index is -10.7. The van der Waals surface area contributed by atoms with Gasteiger partial charge in [0.2, 0.25) is 0 Å². The third-order valence-electron chi connectivity index (χ3n) is 1.43. The van der Waals surface area contributed by atoms with Gasteiger partial charge in [-0.25, -0.2) is 0 Å². The van der Waals surface area contributed by atoms with E-state index >= 15 is 0 Å². The van der Waals surface area contributed by atoms with Gasteiger partial charge in [0, 0.05) is 0 Å². The fraction of sp³-hybridized carbons (Fsp3) is 0.250. The van der Waals surface area contributed by atoms with Crippen LogP contribution in [0.5, 0.6) is 0 Å². The molecule has 0 N–H and O–H groups in total. The molecule has 0 amide bonds. The smallest absolute Gasteiger partial charge is 1.00 e. The molecule has 0 spiro atoms. The van der Waals surface area contributed by atoms with Gasteiger partial charge in [0.25, 0.3) is 0 Å². The largest absolute Gasteiger partial charge is 1.00 e. The Morgan fingerprint density at radius 3 is 1.06 bits per heavy atom. The second-order valence-corrected chi connectivity index (χ2v) is 4.96. The molecule has 0 aromatic heterocycles. The van der Waals surface area contributed by atoms with Gasteiger partial charge in [0.05, 0.1) is 0 Å². The van der Waals surface area contributed by atoms with Crippen LogP contribution in [-0.2, 0) is 0 Å². The SMILES string of the molecule is Cc1ccccc1C.F[P-](F)(F)(F)(F)F.[I+]. The molecule has 0 saturated heterocycles. The zero-order valence-corrected chi connectivity index (χ0v) is 11.5. The van der Waals surface area contributed by atoms with E-state index in [2.05, 4.69) is 38.1 Å². The summed E-state index contributed by atoms with van der Waals surface area (Å²) in [7, 11) is -10.7. The fourth-order valence-electron chi connectivity index (χ4n) is 0.663. The summed E-state index contributed by atoms with van der Waals surface area (Å²) in [6.45, 7) is 4.24. The van der Waals surface area contributed by atoms with Crippen molar-refractivity contribution in [3.8, 4) is 0 Å². The minimum Gasteiger partial charge on any atom is 1.00 e. The molecule has 1 rings (SSSR count). The van der Waals surface area contributed by atoms with Gasteiger partial charge >= 0.3 is 57.0 Å². The van der Waals surface area contributed by atoms with E-state index in [1.807, 2.05) is 0 Å². The van der Waals surface area contributed by atoms with Gasteiger partial charge in [0.15, 0.2) is 0 Å². The van der Waals surface area contributed by atoms with Gasteiger partial charge in [-0.15, -0.1) is 0 Å². The summed E-state index contributed by atoms with van der Waals surface area (Å²) in [6.07, 6.45) is 0. The van der Waals surface area contributed by atoms with E-state index in [9.17, 15) is 25.2 Å². The Labute approximate surface area is 106 Å². The molecule has 0 aliphatic rings. The predicted molar refractivity (Wildman–Crippen MR) is 49.5 cm³/mol. The molecular weight excluding hydrogens is 368 g/mol. The van der Waals surface area contributed by atoms with Crippen molar-refractivity contribution in [2.24, 2.45) is 0 Å². The summed E-state index contributed by atoms with van der Waals surface area (Å²) in [5, 5.41) is 0. The first kappa shape index (κ1) is 18.3. The van der Waals surface area contributed by atoms with Gasteiger partial charge in [-0.1, -0.05) is 24.3 Å². The van der Waals surface area contributed by atoms with Crippen LogP contribution in [0, 0.1) is 13.8 Å². The van der Waals surface area contributed by atoms with Crippen LogP contribution in [0.4, 0.5) is 25.2 Å². The summed E-state index contributed by atoms with van der Waals surface area (Å²) in [4.78, 5) is 0. The first-order valence-electron chi connectivity index (χ1n) is 3.84. The van der Waals surface area contributed by atoms with Crippen LogP contribution in [-0.4, -0.2) is 0 Å². The normalized spacial score (nSPS) is 14.8. The van der Waals surface area contributed by atoms with Gasteiger partial charge < -0.3 is 0 Å². The summed E-state index contributed by atoms with van der Waals surface area (Å²) < 4.78 is 59.2. The Balaban J connectivity index is 0. The Bertz CT molecular complexity index is 311. The standard InChI is InChI=1S/C8H10.F6P.I/c1-7-5-3-4-6-8(7)2;1-7(2,3,4,5)6;/h3-6H,1-2H3;;/q;-1;+1. The zero-order chi connectivity index (χ0) is 12.4. The summed E-state index contributed by atoms with van der Waals surface area (Å²) in [5.74, 6) is 0. The van der Waals surface area contributed by atoms with E-state index < -0.39 is 7.81 Å². The van der Waals surface area contributed by atoms with E-state index in [0.717, 1.165) is 0 Å². The summed E-state index contributed by atoms with van der Waals surface area (Å²) in [5.41, 5.74) is 2.74. The van der Waals surface area contributed by atoms with Crippen molar-refractivity contribution in [3.63, 3.8) is 0 Å². The fourth-order valence-corrected chi connectivity index (χ4v) is 0.663. The number of aryl methyl sites for hydroxylation is 2. The quantitative estimate of drug-likeness (QED) is 0.370. The molecular formula is C8H10F6IP. The maximum atomic E-state index is 9.87. The number of hydrogen-bond donors (Lipinski definition) is 0. The van der Waals surface area contributed by atoms with Crippen LogP contribution in [0.15, 0.2) is 24.3 Å². The molecule has 0 aliphatic carbocycles. The van der Waals surface area contributed by atoms with Crippen LogP contribution >= 0.6 is 7.81 Å². The average Bonchev–Trinajstić information content (AvgIpc) is 1.88. The number of hydrogen-bond acceptors (Lipinski definition) is 0. The average molecular weight is 378 g/mol. The maximum absolute atomic E-state index is 10.7. The Morgan fingerprint density at radius 1 is 0.750 bits per heavy atom. The number of halogens is 7. The third-order valence-corrected chi connectivity index (χ3v) is 1.43. The van der Waals surface area contributed by atoms with Crippen molar-refractivity contribution in [1.29, 1.82) is 0 Å². The van der Waals surface area contributed by atoms with Gasteiger partial charge in [-0.05, 0) is 25.0 Å². The molecule has 16 heavy (non-hydrogen) atoms. The molecule has 0 fully saturated rings. The van der Waals surface area contributed by atoms with Crippen molar-refractivity contribution in [2.75, 3.05) is 0 Å². The first-order valence-corrected chi connectivity index (χ1v) is 5.87. The molecule has 0 unspecified atom stereocenters. The van der Waals surface area contributed by atoms with Crippen LogP contribution in [0.25, 0.3) is 0 Å². The summed E-state index contributed by atoms with van der Waals surface area (Å²) >= 11 is 0. The van der Waals surface area contributed by atoms with Gasteiger partial charge in [-0.3, -0.25) is 0 Å². The zero-order valence-electron chi connectivity index (χ0n) is 8.40. The first-order chi connectivity index (χ1) is 6.25. The molecule has 1 aromatic carbocycles. The molecule has 0 atom stereocenters. The van der Waals surface area contributed by atoms with Crippen LogP contribution < -0.4 is 24.0 Å². The monoisotopic (exact) mass is 378 g/mol. The Hall–Kier alpha value is -0.0400. The van der Waals surface area contributed by atoms with Crippen LogP contribution in [0.1, 0.15) is 11.1 Å². The Kier molecular flexibility index (Phi) is 5.36. The third kappa shape index (κ3) is 19.5. The van der Waals surface area contributed by atoms with E-state index in [-0.39, 0.29) is 24.0 Å². The van der Waals surface area contributed by atoms with Crippen LogP contribution in [0.3, 0.4) is 0 Å². The molecule has 0 bridgehead atoms. The van der Waals surface area contributed by atoms with Crippen molar-refractivity contribution >= 4 is 7.81 Å². The van der Waals surface area contributed by atoms with E-state index in [0.29, 0.717) is 0 Å². The van der Waals surface area contributed by atoms with E-state index in [1.54, 1.807) is 0 Å². The summed E-state index contributed by atoms with van der Waals surface area (Å²) in [6, 6.07) is 8.36. The molecule has 2 radical (unpaired) electrons. The molecule has 8 heteroatoms. The van der Waals surface area contributed by atoms with Gasteiger partial charge in [-0.2, -0.15) is 0 Å². The molecule has 0 nitrogen and oxygen atoms in total. The van der Waals surface area contributed by atoms with Crippen LogP contribution in [0.2, 0.25) is 0 Å². The Morgan fingerprint density at radius 2 is 0.938 bits per heavy atom. The minimum absolute atomic E-state index is 0. The topological polar surface area (TPSA) is 0 Å². The van der Waals surface area contributed by atoms with Gasteiger partial charge in [0.1, 0.15) is 0 Å². The van der Waals surface area contributed by atoms with E-state index in [1.165, 1.54) is 11.1 Å². The number of rotatable bonds is 0. The van der Waals surface area contributed by atoms with Crippen molar-refractivity contribution in [2.45, 2.75) is 13.8 Å². The van der Waals surface area contributed by atoms with Crippen molar-refractivity contribution < 1.29 is 49.2 Å². The molecule has 0 heterocycles.